The van der Waals surface area contributed by atoms with Crippen LogP contribution in [0.15, 0.2) is 54.6 Å². The Kier molecular flexibility index (Phi) is 3.13. The summed E-state index contributed by atoms with van der Waals surface area (Å²) < 4.78 is 5.86. The van der Waals surface area contributed by atoms with Gasteiger partial charge in [-0.3, -0.25) is 0 Å². The van der Waals surface area contributed by atoms with Crippen molar-refractivity contribution in [3.05, 3.63) is 71.3 Å². The van der Waals surface area contributed by atoms with Crippen molar-refractivity contribution in [2.75, 3.05) is 7.11 Å². The van der Waals surface area contributed by atoms with Gasteiger partial charge in [-0.05, 0) is 23.1 Å². The van der Waals surface area contributed by atoms with Gasteiger partial charge >= 0.3 is 0 Å². The lowest BCUT2D eigenvalue weighted by Crippen LogP contribution is -2.46. The molecule has 0 amide bonds. The highest BCUT2D eigenvalue weighted by Gasteiger charge is 2.53. The SMILES string of the molecule is COC1SC2CC(C)(c3ccccc3)C1c1ccccc12. The van der Waals surface area contributed by atoms with Crippen molar-refractivity contribution in [2.24, 2.45) is 0 Å². The molecule has 3 aliphatic rings. The Balaban J connectivity index is 1.89. The molecule has 108 valence electrons. The molecule has 1 fully saturated rings. The maximum atomic E-state index is 5.86. The Morgan fingerprint density at radius 1 is 1.00 bits per heavy atom. The molecule has 0 N–H and O–H groups in total. The number of methoxy groups -OCH3 is 1. The number of benzene rings is 2. The summed E-state index contributed by atoms with van der Waals surface area (Å²) in [5.74, 6) is 0.427. The van der Waals surface area contributed by atoms with E-state index in [2.05, 4.69) is 61.5 Å². The minimum absolute atomic E-state index is 0.159. The summed E-state index contributed by atoms with van der Waals surface area (Å²) in [6, 6.07) is 19.9. The largest absolute Gasteiger partial charge is 0.370 e. The second-order valence-corrected chi connectivity index (χ2v) is 7.63. The van der Waals surface area contributed by atoms with Crippen molar-refractivity contribution < 1.29 is 4.74 Å². The minimum atomic E-state index is 0.159. The zero-order valence-corrected chi connectivity index (χ0v) is 13.3. The van der Waals surface area contributed by atoms with E-state index in [1.807, 2.05) is 18.9 Å². The van der Waals surface area contributed by atoms with Crippen LogP contribution >= 0.6 is 11.8 Å². The Hall–Kier alpha value is -1.25. The standard InChI is InChI=1S/C19H20OS/c1-19(13-8-4-3-5-9-13)12-16-14-10-6-7-11-15(14)17(19)18(20-2)21-16/h3-11,16-18H,12H2,1-2H3. The summed E-state index contributed by atoms with van der Waals surface area (Å²) in [6.45, 7) is 2.42. The lowest BCUT2D eigenvalue weighted by molar-refractivity contribution is 0.0999. The Morgan fingerprint density at radius 3 is 2.38 bits per heavy atom. The first-order valence-corrected chi connectivity index (χ1v) is 8.51. The van der Waals surface area contributed by atoms with Crippen LogP contribution in [-0.2, 0) is 10.2 Å². The predicted molar refractivity (Wildman–Crippen MR) is 88.7 cm³/mol. The molecule has 0 saturated carbocycles. The van der Waals surface area contributed by atoms with Gasteiger partial charge in [-0.15, -0.1) is 11.8 Å². The first kappa shape index (κ1) is 13.4. The average Bonchev–Trinajstić information content (AvgIpc) is 2.55. The van der Waals surface area contributed by atoms with Crippen LogP contribution in [-0.4, -0.2) is 12.5 Å². The van der Waals surface area contributed by atoms with Crippen LogP contribution in [0.25, 0.3) is 0 Å². The first-order valence-electron chi connectivity index (χ1n) is 7.56. The fourth-order valence-corrected chi connectivity index (χ4v) is 6.01. The van der Waals surface area contributed by atoms with Gasteiger partial charge in [0.15, 0.2) is 0 Å². The van der Waals surface area contributed by atoms with E-state index in [4.69, 9.17) is 4.74 Å². The molecule has 2 aromatic carbocycles. The van der Waals surface area contributed by atoms with Crippen molar-refractivity contribution in [3.8, 4) is 0 Å². The molecule has 2 aromatic rings. The van der Waals surface area contributed by atoms with Crippen LogP contribution in [0.3, 0.4) is 0 Å². The van der Waals surface area contributed by atoms with E-state index in [-0.39, 0.29) is 10.9 Å². The molecular formula is C19H20OS. The van der Waals surface area contributed by atoms with E-state index in [9.17, 15) is 0 Å². The van der Waals surface area contributed by atoms with E-state index >= 15 is 0 Å². The van der Waals surface area contributed by atoms with Crippen LogP contribution in [0, 0.1) is 0 Å². The van der Waals surface area contributed by atoms with Crippen LogP contribution in [0.5, 0.6) is 0 Å². The van der Waals surface area contributed by atoms with Gasteiger partial charge in [-0.2, -0.15) is 0 Å². The quantitative estimate of drug-likeness (QED) is 0.780. The van der Waals surface area contributed by atoms with Crippen molar-refractivity contribution in [2.45, 2.75) is 35.4 Å². The van der Waals surface area contributed by atoms with E-state index in [1.165, 1.54) is 23.1 Å². The van der Waals surface area contributed by atoms with E-state index in [0.29, 0.717) is 11.2 Å². The van der Waals surface area contributed by atoms with Crippen LogP contribution in [0.2, 0.25) is 0 Å². The molecule has 0 radical (unpaired) electrons. The fraction of sp³-hybridized carbons (Fsp3) is 0.368. The maximum absolute atomic E-state index is 5.86. The van der Waals surface area contributed by atoms with Gasteiger partial charge in [-0.1, -0.05) is 61.5 Å². The molecule has 5 rings (SSSR count). The predicted octanol–water partition coefficient (Wildman–Crippen LogP) is 4.89. The number of ether oxygens (including phenoxy) is 1. The van der Waals surface area contributed by atoms with Gasteiger partial charge in [0.25, 0.3) is 0 Å². The maximum Gasteiger partial charge on any atom is 0.111 e. The summed E-state index contributed by atoms with van der Waals surface area (Å²) >= 11 is 2.00. The third kappa shape index (κ3) is 1.89. The summed E-state index contributed by atoms with van der Waals surface area (Å²) in [6.07, 6.45) is 1.20. The fourth-order valence-electron chi connectivity index (χ4n) is 4.17. The van der Waals surface area contributed by atoms with Crippen LogP contribution < -0.4 is 0 Å². The minimum Gasteiger partial charge on any atom is -0.370 e. The second kappa shape index (κ2) is 4.89. The van der Waals surface area contributed by atoms with Crippen LogP contribution in [0.1, 0.15) is 41.2 Å². The monoisotopic (exact) mass is 296 g/mol. The van der Waals surface area contributed by atoms with Crippen molar-refractivity contribution in [1.29, 1.82) is 0 Å². The van der Waals surface area contributed by atoms with E-state index in [1.54, 1.807) is 0 Å². The van der Waals surface area contributed by atoms with Crippen molar-refractivity contribution in [3.63, 3.8) is 0 Å². The molecule has 4 unspecified atom stereocenters. The van der Waals surface area contributed by atoms with Gasteiger partial charge in [0.05, 0.1) is 0 Å². The molecule has 2 aliphatic heterocycles. The molecule has 1 nitrogen and oxygen atoms in total. The normalized spacial score (nSPS) is 33.7. The summed E-state index contributed by atoms with van der Waals surface area (Å²) in [7, 11) is 1.85. The molecule has 2 heteroatoms. The molecule has 2 heterocycles. The van der Waals surface area contributed by atoms with E-state index < -0.39 is 0 Å². The lowest BCUT2D eigenvalue weighted by atomic mass is 9.61. The number of thioether (sulfide) groups is 1. The zero-order valence-electron chi connectivity index (χ0n) is 12.5. The van der Waals surface area contributed by atoms with Gasteiger partial charge in [0.2, 0.25) is 0 Å². The van der Waals surface area contributed by atoms with Gasteiger partial charge in [0.1, 0.15) is 5.44 Å². The lowest BCUT2D eigenvalue weighted by Gasteiger charge is -2.54. The van der Waals surface area contributed by atoms with Gasteiger partial charge in [-0.25, -0.2) is 0 Å². The highest BCUT2D eigenvalue weighted by molar-refractivity contribution is 8.00. The van der Waals surface area contributed by atoms with Crippen molar-refractivity contribution >= 4 is 11.8 Å². The van der Waals surface area contributed by atoms with Gasteiger partial charge < -0.3 is 4.74 Å². The number of rotatable bonds is 2. The first-order chi connectivity index (χ1) is 10.2. The average molecular weight is 296 g/mol. The summed E-state index contributed by atoms with van der Waals surface area (Å²) in [5.41, 5.74) is 4.87. The number of hydrogen-bond acceptors (Lipinski definition) is 2. The smallest absolute Gasteiger partial charge is 0.111 e. The highest BCUT2D eigenvalue weighted by atomic mass is 32.2. The summed E-state index contributed by atoms with van der Waals surface area (Å²) in [5, 5.41) is 0.543. The molecule has 1 aliphatic carbocycles. The number of hydrogen-bond donors (Lipinski definition) is 0. The third-order valence-corrected chi connectivity index (χ3v) is 6.69. The highest BCUT2D eigenvalue weighted by Crippen LogP contribution is 2.64. The third-order valence-electron chi connectivity index (χ3n) is 5.21. The van der Waals surface area contributed by atoms with Gasteiger partial charge in [0, 0.05) is 23.7 Å². The van der Waals surface area contributed by atoms with E-state index in [0.717, 1.165) is 0 Å². The Labute approximate surface area is 130 Å². The molecule has 4 atom stereocenters. The molecule has 0 aromatic heterocycles. The molecule has 1 saturated heterocycles. The Morgan fingerprint density at radius 2 is 1.67 bits per heavy atom. The molecule has 0 spiro atoms. The summed E-state index contributed by atoms with van der Waals surface area (Å²) in [4.78, 5) is 0. The topological polar surface area (TPSA) is 9.23 Å². The zero-order chi connectivity index (χ0) is 14.4. The Bertz CT molecular complexity index is 654. The molecule has 21 heavy (non-hydrogen) atoms. The molecular weight excluding hydrogens is 276 g/mol. The molecule has 2 bridgehead atoms. The number of fused-ring (bicyclic) bond motifs is 2. The second-order valence-electron chi connectivity index (χ2n) is 6.32. The van der Waals surface area contributed by atoms with Crippen molar-refractivity contribution in [1.82, 2.24) is 0 Å². The van der Waals surface area contributed by atoms with Crippen LogP contribution in [0.4, 0.5) is 0 Å².